The summed E-state index contributed by atoms with van der Waals surface area (Å²) in [5, 5.41) is 13.1. The number of nitrogens with one attached hydrogen (secondary N) is 1. The molecule has 0 atom stereocenters. The Kier molecular flexibility index (Phi) is 5.51. The van der Waals surface area contributed by atoms with Crippen LogP contribution in [0, 0.1) is 18.3 Å². The Labute approximate surface area is 164 Å². The number of nitrogens with zero attached hydrogens (tertiary/aromatic N) is 5. The van der Waals surface area contributed by atoms with E-state index in [1.54, 1.807) is 0 Å². The van der Waals surface area contributed by atoms with Crippen molar-refractivity contribution in [3.8, 4) is 11.8 Å². The Morgan fingerprint density at radius 3 is 2.71 bits per heavy atom. The number of anilines is 1. The first kappa shape index (κ1) is 18.4. The molecule has 28 heavy (non-hydrogen) atoms. The third-order valence-corrected chi connectivity index (χ3v) is 5.15. The average molecular weight is 376 g/mol. The van der Waals surface area contributed by atoms with Gasteiger partial charge in [0.1, 0.15) is 23.4 Å². The van der Waals surface area contributed by atoms with Gasteiger partial charge in [0.05, 0.1) is 18.8 Å². The smallest absolute Gasteiger partial charge is 0.154 e. The third kappa shape index (κ3) is 3.57. The maximum atomic E-state index is 9.67. The Hall–Kier alpha value is -2.95. The van der Waals surface area contributed by atoms with Crippen LogP contribution in [0.5, 0.6) is 0 Å². The topological polar surface area (TPSA) is 79.0 Å². The van der Waals surface area contributed by atoms with Gasteiger partial charge in [0.25, 0.3) is 0 Å². The van der Waals surface area contributed by atoms with Crippen molar-refractivity contribution < 1.29 is 4.74 Å². The van der Waals surface area contributed by atoms with Crippen LogP contribution in [0.3, 0.4) is 0 Å². The summed E-state index contributed by atoms with van der Waals surface area (Å²) >= 11 is 0. The molecule has 0 amide bonds. The van der Waals surface area contributed by atoms with E-state index in [4.69, 9.17) is 4.74 Å². The van der Waals surface area contributed by atoms with Crippen LogP contribution >= 0.6 is 0 Å². The second-order valence-corrected chi connectivity index (χ2v) is 6.90. The first-order valence-corrected chi connectivity index (χ1v) is 9.65. The summed E-state index contributed by atoms with van der Waals surface area (Å²) in [6.07, 6.45) is 2.55. The van der Waals surface area contributed by atoms with Gasteiger partial charge in [-0.15, -0.1) is 0 Å². The van der Waals surface area contributed by atoms with Gasteiger partial charge >= 0.3 is 0 Å². The zero-order chi connectivity index (χ0) is 19.3. The Bertz CT molecular complexity index is 986. The van der Waals surface area contributed by atoms with E-state index >= 15 is 0 Å². The highest BCUT2D eigenvalue weighted by Gasteiger charge is 2.20. The van der Waals surface area contributed by atoms with E-state index in [2.05, 4.69) is 30.8 Å². The van der Waals surface area contributed by atoms with Gasteiger partial charge in [0, 0.05) is 31.0 Å². The van der Waals surface area contributed by atoms with E-state index in [1.807, 2.05) is 37.3 Å². The second kappa shape index (κ2) is 8.38. The molecule has 2 aromatic heterocycles. The molecule has 1 N–H and O–H groups in total. The van der Waals surface area contributed by atoms with Gasteiger partial charge in [-0.3, -0.25) is 4.90 Å². The fraction of sp³-hybridized carbons (Fsp3) is 0.381. The quantitative estimate of drug-likeness (QED) is 0.667. The predicted molar refractivity (Wildman–Crippen MR) is 109 cm³/mol. The van der Waals surface area contributed by atoms with Gasteiger partial charge in [-0.2, -0.15) is 5.26 Å². The van der Waals surface area contributed by atoms with Crippen molar-refractivity contribution in [3.63, 3.8) is 0 Å². The molecule has 0 unspecified atom stereocenters. The number of nitriles is 1. The molecule has 3 aromatic rings. The minimum absolute atomic E-state index is 0.595. The molecule has 0 spiro atoms. The Balaban J connectivity index is 1.61. The molecular formula is C21H24N6O. The molecular weight excluding hydrogens is 352 g/mol. The van der Waals surface area contributed by atoms with Gasteiger partial charge in [-0.1, -0.05) is 18.2 Å². The van der Waals surface area contributed by atoms with Crippen molar-refractivity contribution >= 4 is 16.9 Å². The van der Waals surface area contributed by atoms with Gasteiger partial charge in [0.15, 0.2) is 5.82 Å². The highest BCUT2D eigenvalue weighted by molar-refractivity contribution is 5.93. The predicted octanol–water partition coefficient (Wildman–Crippen LogP) is 2.73. The first-order valence-electron chi connectivity index (χ1n) is 9.65. The average Bonchev–Trinajstić information content (AvgIpc) is 3.04. The molecule has 1 aliphatic heterocycles. The molecule has 1 fully saturated rings. The zero-order valence-electron chi connectivity index (χ0n) is 16.1. The van der Waals surface area contributed by atoms with Crippen molar-refractivity contribution in [2.45, 2.75) is 13.3 Å². The molecule has 7 heteroatoms. The summed E-state index contributed by atoms with van der Waals surface area (Å²) in [6, 6.07) is 12.3. The van der Waals surface area contributed by atoms with Crippen molar-refractivity contribution in [1.82, 2.24) is 19.4 Å². The Morgan fingerprint density at radius 2 is 1.96 bits per heavy atom. The van der Waals surface area contributed by atoms with Crippen molar-refractivity contribution in [1.29, 1.82) is 5.26 Å². The SMILES string of the molecule is Cc1c(C#N)c2ncnc(NCCCN3CCOCC3)c2n1-c1ccccc1. The van der Waals surface area contributed by atoms with Crippen molar-refractivity contribution in [2.24, 2.45) is 0 Å². The van der Waals surface area contributed by atoms with Crippen LogP contribution in [-0.4, -0.2) is 58.8 Å². The summed E-state index contributed by atoms with van der Waals surface area (Å²) in [7, 11) is 0. The molecule has 0 saturated carbocycles. The lowest BCUT2D eigenvalue weighted by Crippen LogP contribution is -2.37. The van der Waals surface area contributed by atoms with Crippen LogP contribution in [0.4, 0.5) is 5.82 Å². The van der Waals surface area contributed by atoms with E-state index in [0.29, 0.717) is 11.1 Å². The molecule has 144 valence electrons. The normalized spacial score (nSPS) is 14.9. The van der Waals surface area contributed by atoms with Gasteiger partial charge in [-0.25, -0.2) is 9.97 Å². The monoisotopic (exact) mass is 376 g/mol. The van der Waals surface area contributed by atoms with Crippen LogP contribution in [0.25, 0.3) is 16.7 Å². The molecule has 1 aromatic carbocycles. The maximum Gasteiger partial charge on any atom is 0.154 e. The number of ether oxygens (including phenoxy) is 1. The molecule has 7 nitrogen and oxygen atoms in total. The van der Waals surface area contributed by atoms with Gasteiger partial charge in [0.2, 0.25) is 0 Å². The van der Waals surface area contributed by atoms with E-state index < -0.39 is 0 Å². The number of fused-ring (bicyclic) bond motifs is 1. The molecule has 4 rings (SSSR count). The standard InChI is InChI=1S/C21H24N6O/c1-16-18(14-22)19-20(27(16)17-6-3-2-4-7-17)21(25-15-24-19)23-8-5-9-26-10-12-28-13-11-26/h2-4,6-7,15H,5,8-13H2,1H3,(H,23,24,25). The zero-order valence-corrected chi connectivity index (χ0v) is 16.1. The summed E-state index contributed by atoms with van der Waals surface area (Å²) in [5.74, 6) is 0.764. The summed E-state index contributed by atoms with van der Waals surface area (Å²) < 4.78 is 7.47. The molecule has 1 saturated heterocycles. The lowest BCUT2D eigenvalue weighted by molar-refractivity contribution is 0.0378. The number of morpholine rings is 1. The summed E-state index contributed by atoms with van der Waals surface area (Å²) in [5.41, 5.74) is 4.01. The highest BCUT2D eigenvalue weighted by Crippen LogP contribution is 2.31. The second-order valence-electron chi connectivity index (χ2n) is 6.90. The largest absolute Gasteiger partial charge is 0.379 e. The maximum absolute atomic E-state index is 9.67. The lowest BCUT2D eigenvalue weighted by atomic mass is 10.2. The number of hydrogen-bond acceptors (Lipinski definition) is 6. The van der Waals surface area contributed by atoms with E-state index in [0.717, 1.165) is 68.5 Å². The number of benzene rings is 1. The van der Waals surface area contributed by atoms with Crippen LogP contribution < -0.4 is 5.32 Å². The molecule has 0 radical (unpaired) electrons. The summed E-state index contributed by atoms with van der Waals surface area (Å²) in [4.78, 5) is 11.3. The molecule has 0 bridgehead atoms. The van der Waals surface area contributed by atoms with Crippen LogP contribution in [0.1, 0.15) is 17.7 Å². The minimum atomic E-state index is 0.595. The van der Waals surface area contributed by atoms with Crippen LogP contribution in [-0.2, 0) is 4.74 Å². The third-order valence-electron chi connectivity index (χ3n) is 5.15. The van der Waals surface area contributed by atoms with Gasteiger partial charge in [-0.05, 0) is 32.0 Å². The minimum Gasteiger partial charge on any atom is -0.379 e. The summed E-state index contributed by atoms with van der Waals surface area (Å²) in [6.45, 7) is 7.44. The van der Waals surface area contributed by atoms with Gasteiger partial charge < -0.3 is 14.6 Å². The highest BCUT2D eigenvalue weighted by atomic mass is 16.5. The molecule has 0 aliphatic carbocycles. The van der Waals surface area contributed by atoms with E-state index in [1.165, 1.54) is 6.33 Å². The first-order chi connectivity index (χ1) is 13.8. The van der Waals surface area contributed by atoms with Crippen molar-refractivity contribution in [2.75, 3.05) is 44.7 Å². The number of para-hydroxylation sites is 1. The lowest BCUT2D eigenvalue weighted by Gasteiger charge is -2.26. The van der Waals surface area contributed by atoms with Crippen LogP contribution in [0.2, 0.25) is 0 Å². The fourth-order valence-electron chi connectivity index (χ4n) is 3.72. The van der Waals surface area contributed by atoms with Crippen molar-refractivity contribution in [3.05, 3.63) is 47.9 Å². The van der Waals surface area contributed by atoms with E-state index in [9.17, 15) is 5.26 Å². The van der Waals surface area contributed by atoms with E-state index in [-0.39, 0.29) is 0 Å². The molecule has 3 heterocycles. The van der Waals surface area contributed by atoms with Crippen LogP contribution in [0.15, 0.2) is 36.7 Å². The fourth-order valence-corrected chi connectivity index (χ4v) is 3.72. The number of rotatable bonds is 6. The number of aromatic nitrogens is 3. The molecule has 1 aliphatic rings. The number of hydrogen-bond donors (Lipinski definition) is 1. The Morgan fingerprint density at radius 1 is 1.18 bits per heavy atom.